The summed E-state index contributed by atoms with van der Waals surface area (Å²) < 4.78 is 31.1. The third-order valence-electron chi connectivity index (χ3n) is 3.32. The van der Waals surface area contributed by atoms with Crippen LogP contribution in [0, 0.1) is 0 Å². The van der Waals surface area contributed by atoms with Gasteiger partial charge in [0.15, 0.2) is 5.69 Å². The standard InChI is InChI=1S/C14H12ClF2N3O2/c15-10-1-2-12-9(7-10)8-19(5-6-22-12)13(21)11-3-4-20(18-11)14(16)17/h1-4,7,14H,5-6,8H2. The number of carbonyl (C=O) groups excluding carboxylic acids is 1. The maximum Gasteiger partial charge on any atom is 0.333 e. The molecule has 0 radical (unpaired) electrons. The van der Waals surface area contributed by atoms with E-state index < -0.39 is 12.5 Å². The molecule has 0 unspecified atom stereocenters. The summed E-state index contributed by atoms with van der Waals surface area (Å²) in [4.78, 5) is 13.9. The first-order valence-corrected chi connectivity index (χ1v) is 6.96. The van der Waals surface area contributed by atoms with Gasteiger partial charge in [-0.25, -0.2) is 4.68 Å². The van der Waals surface area contributed by atoms with Gasteiger partial charge in [0.05, 0.1) is 6.54 Å². The monoisotopic (exact) mass is 327 g/mol. The SMILES string of the molecule is O=C(c1ccn(C(F)F)n1)N1CCOc2ccc(Cl)cc2C1. The Balaban J connectivity index is 1.83. The predicted molar refractivity (Wildman–Crippen MR) is 75.2 cm³/mol. The smallest absolute Gasteiger partial charge is 0.333 e. The average molecular weight is 328 g/mol. The zero-order valence-electron chi connectivity index (χ0n) is 11.4. The molecule has 0 fully saturated rings. The number of ether oxygens (including phenoxy) is 1. The van der Waals surface area contributed by atoms with Crippen molar-refractivity contribution in [2.24, 2.45) is 0 Å². The van der Waals surface area contributed by atoms with E-state index in [4.69, 9.17) is 16.3 Å². The van der Waals surface area contributed by atoms with Gasteiger partial charge in [-0.15, -0.1) is 0 Å². The topological polar surface area (TPSA) is 47.4 Å². The summed E-state index contributed by atoms with van der Waals surface area (Å²) in [6.07, 6.45) is 1.08. The van der Waals surface area contributed by atoms with E-state index in [1.54, 1.807) is 18.2 Å². The van der Waals surface area contributed by atoms with E-state index in [-0.39, 0.29) is 12.2 Å². The lowest BCUT2D eigenvalue weighted by Gasteiger charge is -2.18. The van der Waals surface area contributed by atoms with Crippen molar-refractivity contribution >= 4 is 17.5 Å². The zero-order valence-corrected chi connectivity index (χ0v) is 12.1. The highest BCUT2D eigenvalue weighted by molar-refractivity contribution is 6.30. The minimum absolute atomic E-state index is 0.0224. The molecule has 2 heterocycles. The van der Waals surface area contributed by atoms with Crippen molar-refractivity contribution in [1.82, 2.24) is 14.7 Å². The van der Waals surface area contributed by atoms with Crippen LogP contribution in [0.1, 0.15) is 22.6 Å². The van der Waals surface area contributed by atoms with Gasteiger partial charge in [-0.1, -0.05) is 11.6 Å². The molecule has 0 aliphatic carbocycles. The van der Waals surface area contributed by atoms with Crippen LogP contribution in [0.4, 0.5) is 8.78 Å². The van der Waals surface area contributed by atoms with E-state index in [1.165, 1.54) is 11.0 Å². The van der Waals surface area contributed by atoms with Crippen LogP contribution in [0.15, 0.2) is 30.5 Å². The molecule has 0 saturated carbocycles. The average Bonchev–Trinajstić information content (AvgIpc) is 2.88. The summed E-state index contributed by atoms with van der Waals surface area (Å²) in [5.74, 6) is 0.244. The molecule has 5 nitrogen and oxygen atoms in total. The van der Waals surface area contributed by atoms with Crippen LogP contribution in [0.5, 0.6) is 5.75 Å². The van der Waals surface area contributed by atoms with E-state index >= 15 is 0 Å². The van der Waals surface area contributed by atoms with E-state index in [2.05, 4.69) is 5.10 Å². The summed E-state index contributed by atoms with van der Waals surface area (Å²) in [6, 6.07) is 6.46. The lowest BCUT2D eigenvalue weighted by atomic mass is 10.2. The molecule has 1 aromatic carbocycles. The van der Waals surface area contributed by atoms with Crippen molar-refractivity contribution in [3.63, 3.8) is 0 Å². The Labute approximate surface area is 130 Å². The number of alkyl halides is 2. The van der Waals surface area contributed by atoms with Gasteiger partial charge >= 0.3 is 6.55 Å². The van der Waals surface area contributed by atoms with Gasteiger partial charge < -0.3 is 9.64 Å². The molecule has 116 valence electrons. The minimum Gasteiger partial charge on any atom is -0.491 e. The van der Waals surface area contributed by atoms with Crippen molar-refractivity contribution in [2.45, 2.75) is 13.1 Å². The lowest BCUT2D eigenvalue weighted by Crippen LogP contribution is -2.32. The molecule has 22 heavy (non-hydrogen) atoms. The van der Waals surface area contributed by atoms with Gasteiger partial charge in [-0.05, 0) is 24.3 Å². The van der Waals surface area contributed by atoms with E-state index in [0.29, 0.717) is 28.6 Å². The van der Waals surface area contributed by atoms with Crippen LogP contribution < -0.4 is 4.74 Å². The number of hydrogen-bond donors (Lipinski definition) is 0. The largest absolute Gasteiger partial charge is 0.491 e. The molecule has 0 saturated heterocycles. The molecule has 1 aliphatic heterocycles. The van der Waals surface area contributed by atoms with E-state index in [9.17, 15) is 13.6 Å². The van der Waals surface area contributed by atoms with Crippen molar-refractivity contribution in [2.75, 3.05) is 13.2 Å². The summed E-state index contributed by atoms with van der Waals surface area (Å²) >= 11 is 5.95. The Morgan fingerprint density at radius 2 is 2.18 bits per heavy atom. The number of amides is 1. The number of halogens is 3. The summed E-state index contributed by atoms with van der Waals surface area (Å²) in [6.45, 7) is -1.83. The Morgan fingerprint density at radius 1 is 1.36 bits per heavy atom. The maximum atomic E-state index is 12.5. The number of rotatable bonds is 2. The van der Waals surface area contributed by atoms with Gasteiger partial charge in [-0.3, -0.25) is 4.79 Å². The highest BCUT2D eigenvalue weighted by Gasteiger charge is 2.23. The van der Waals surface area contributed by atoms with E-state index in [1.807, 2.05) is 0 Å². The van der Waals surface area contributed by atoms with Gasteiger partial charge in [-0.2, -0.15) is 13.9 Å². The fourth-order valence-electron chi connectivity index (χ4n) is 2.26. The highest BCUT2D eigenvalue weighted by Crippen LogP contribution is 2.26. The third kappa shape index (κ3) is 2.89. The Morgan fingerprint density at radius 3 is 2.91 bits per heavy atom. The van der Waals surface area contributed by atoms with Crippen LogP contribution in [-0.2, 0) is 6.54 Å². The number of fused-ring (bicyclic) bond motifs is 1. The molecule has 8 heteroatoms. The number of benzene rings is 1. The molecule has 2 aromatic rings. The minimum atomic E-state index is -2.77. The van der Waals surface area contributed by atoms with Gasteiger partial charge in [0, 0.05) is 23.3 Å². The second-order valence-corrected chi connectivity index (χ2v) is 5.22. The first kappa shape index (κ1) is 14.8. The second-order valence-electron chi connectivity index (χ2n) is 4.79. The van der Waals surface area contributed by atoms with Crippen molar-refractivity contribution in [3.05, 3.63) is 46.7 Å². The quantitative estimate of drug-likeness (QED) is 0.852. The molecule has 0 atom stereocenters. The number of aromatic nitrogens is 2. The van der Waals surface area contributed by atoms with E-state index in [0.717, 1.165) is 11.8 Å². The number of nitrogens with zero attached hydrogens (tertiary/aromatic N) is 3. The predicted octanol–water partition coefficient (Wildman–Crippen LogP) is 2.97. The fourth-order valence-corrected chi connectivity index (χ4v) is 2.45. The van der Waals surface area contributed by atoms with Crippen molar-refractivity contribution in [1.29, 1.82) is 0 Å². The molecule has 3 rings (SSSR count). The molecule has 1 amide bonds. The normalized spacial score (nSPS) is 14.5. The second kappa shape index (κ2) is 5.92. The van der Waals surface area contributed by atoms with Crippen LogP contribution in [0.3, 0.4) is 0 Å². The van der Waals surface area contributed by atoms with Crippen molar-refractivity contribution in [3.8, 4) is 5.75 Å². The third-order valence-corrected chi connectivity index (χ3v) is 3.55. The molecular weight excluding hydrogens is 316 g/mol. The fraction of sp³-hybridized carbons (Fsp3) is 0.286. The van der Waals surface area contributed by atoms with Gasteiger partial charge in [0.1, 0.15) is 12.4 Å². The van der Waals surface area contributed by atoms with Crippen LogP contribution >= 0.6 is 11.6 Å². The molecule has 1 aromatic heterocycles. The van der Waals surface area contributed by atoms with Crippen LogP contribution in [0.25, 0.3) is 0 Å². The molecule has 0 N–H and O–H groups in total. The molecule has 1 aliphatic rings. The van der Waals surface area contributed by atoms with Crippen LogP contribution in [-0.4, -0.2) is 33.7 Å². The first-order valence-electron chi connectivity index (χ1n) is 6.58. The summed E-state index contributed by atoms with van der Waals surface area (Å²) in [7, 11) is 0. The van der Waals surface area contributed by atoms with Gasteiger partial charge in [0.2, 0.25) is 0 Å². The number of hydrogen-bond acceptors (Lipinski definition) is 3. The first-order chi connectivity index (χ1) is 10.5. The number of carbonyl (C=O) groups is 1. The lowest BCUT2D eigenvalue weighted by molar-refractivity contribution is 0.0549. The zero-order chi connectivity index (χ0) is 15.7. The summed E-state index contributed by atoms with van der Waals surface area (Å²) in [5, 5.41) is 4.14. The molecular formula is C14H12ClF2N3O2. The van der Waals surface area contributed by atoms with Gasteiger partial charge in [0.25, 0.3) is 5.91 Å². The maximum absolute atomic E-state index is 12.5. The molecule has 0 spiro atoms. The summed E-state index contributed by atoms with van der Waals surface area (Å²) in [5.41, 5.74) is 0.748. The highest BCUT2D eigenvalue weighted by atomic mass is 35.5. The van der Waals surface area contributed by atoms with Crippen molar-refractivity contribution < 1.29 is 18.3 Å². The Bertz CT molecular complexity index is 705. The van der Waals surface area contributed by atoms with Crippen LogP contribution in [0.2, 0.25) is 5.02 Å². The molecule has 0 bridgehead atoms. The Hall–Kier alpha value is -2.15. The Kier molecular flexibility index (Phi) is 3.98.